The molecule has 1 unspecified atom stereocenters. The zero-order chi connectivity index (χ0) is 22.1. The first-order valence-corrected chi connectivity index (χ1v) is 11.8. The standard InChI is InChI=1S/C22H25Cl3N2O2S/c1-3-20(22(29)26-2)27(14-15-6-11-18(24)19(25)13-15)21(28)5-4-12-30-17-9-7-16(23)8-10-17/h6-11,13,20H,3-5,12,14H2,1-2H3,(H,26,29). The van der Waals surface area contributed by atoms with Crippen molar-refractivity contribution in [3.8, 4) is 0 Å². The second-order valence-corrected chi connectivity index (χ2v) is 9.13. The number of amides is 2. The molecule has 2 rings (SSSR count). The molecule has 2 amide bonds. The van der Waals surface area contributed by atoms with Crippen LogP contribution in [0.4, 0.5) is 0 Å². The summed E-state index contributed by atoms with van der Waals surface area (Å²) < 4.78 is 0. The molecule has 1 N–H and O–H groups in total. The van der Waals surface area contributed by atoms with Crippen molar-refractivity contribution in [1.29, 1.82) is 0 Å². The number of hydrogen-bond acceptors (Lipinski definition) is 3. The van der Waals surface area contributed by atoms with Crippen molar-refractivity contribution >= 4 is 58.4 Å². The Kier molecular flexibility index (Phi) is 10.3. The van der Waals surface area contributed by atoms with Crippen molar-refractivity contribution in [2.75, 3.05) is 12.8 Å². The molecular weight excluding hydrogens is 463 g/mol. The van der Waals surface area contributed by atoms with Crippen molar-refractivity contribution in [2.24, 2.45) is 0 Å². The highest BCUT2D eigenvalue weighted by atomic mass is 35.5. The lowest BCUT2D eigenvalue weighted by molar-refractivity contribution is -0.141. The van der Waals surface area contributed by atoms with Gasteiger partial charge in [-0.1, -0.05) is 47.8 Å². The zero-order valence-corrected chi connectivity index (χ0v) is 20.0. The molecule has 8 heteroatoms. The molecule has 0 saturated carbocycles. The van der Waals surface area contributed by atoms with Gasteiger partial charge in [-0.25, -0.2) is 0 Å². The van der Waals surface area contributed by atoms with E-state index in [1.807, 2.05) is 37.3 Å². The van der Waals surface area contributed by atoms with E-state index in [0.29, 0.717) is 40.9 Å². The van der Waals surface area contributed by atoms with Crippen LogP contribution in [0.3, 0.4) is 0 Å². The molecule has 2 aromatic rings. The number of benzene rings is 2. The highest BCUT2D eigenvalue weighted by molar-refractivity contribution is 7.99. The first-order chi connectivity index (χ1) is 14.3. The van der Waals surface area contributed by atoms with Gasteiger partial charge in [0, 0.05) is 29.9 Å². The summed E-state index contributed by atoms with van der Waals surface area (Å²) in [5.41, 5.74) is 0.829. The molecule has 4 nitrogen and oxygen atoms in total. The topological polar surface area (TPSA) is 49.4 Å². The Balaban J connectivity index is 2.04. The summed E-state index contributed by atoms with van der Waals surface area (Å²) in [6, 6.07) is 12.3. The normalized spacial score (nSPS) is 11.8. The van der Waals surface area contributed by atoms with E-state index in [4.69, 9.17) is 34.8 Å². The molecule has 0 bridgehead atoms. The van der Waals surface area contributed by atoms with E-state index in [1.54, 1.807) is 35.8 Å². The quantitative estimate of drug-likeness (QED) is 0.327. The van der Waals surface area contributed by atoms with Gasteiger partial charge in [0.05, 0.1) is 10.0 Å². The van der Waals surface area contributed by atoms with Crippen molar-refractivity contribution < 1.29 is 9.59 Å². The van der Waals surface area contributed by atoms with E-state index < -0.39 is 6.04 Å². The van der Waals surface area contributed by atoms with Crippen LogP contribution in [0.25, 0.3) is 0 Å². The molecule has 2 aromatic carbocycles. The molecule has 0 spiro atoms. The minimum absolute atomic E-state index is 0.0618. The van der Waals surface area contributed by atoms with Gasteiger partial charge in [-0.05, 0) is 60.6 Å². The third-order valence-electron chi connectivity index (χ3n) is 4.59. The SMILES string of the molecule is CCC(C(=O)NC)N(Cc1ccc(Cl)c(Cl)c1)C(=O)CCCSc1ccc(Cl)cc1. The number of hydrogen-bond donors (Lipinski definition) is 1. The number of likely N-dealkylation sites (N-methyl/N-ethyl adjacent to an activating group) is 1. The molecule has 0 aromatic heterocycles. The van der Waals surface area contributed by atoms with Gasteiger partial charge in [-0.2, -0.15) is 0 Å². The number of carbonyl (C=O) groups is 2. The van der Waals surface area contributed by atoms with Crippen LogP contribution in [0.15, 0.2) is 47.4 Å². The van der Waals surface area contributed by atoms with Gasteiger partial charge in [-0.15, -0.1) is 11.8 Å². The van der Waals surface area contributed by atoms with E-state index in [1.165, 1.54) is 0 Å². The van der Waals surface area contributed by atoms with Gasteiger partial charge in [0.1, 0.15) is 6.04 Å². The number of thioether (sulfide) groups is 1. The van der Waals surface area contributed by atoms with E-state index >= 15 is 0 Å². The Bertz CT molecular complexity index is 862. The number of carbonyl (C=O) groups excluding carboxylic acids is 2. The molecule has 162 valence electrons. The van der Waals surface area contributed by atoms with Crippen LogP contribution < -0.4 is 5.32 Å². The van der Waals surface area contributed by atoms with Gasteiger partial charge in [0.15, 0.2) is 0 Å². The summed E-state index contributed by atoms with van der Waals surface area (Å²) in [4.78, 5) is 28.1. The predicted molar refractivity (Wildman–Crippen MR) is 127 cm³/mol. The van der Waals surface area contributed by atoms with Crippen LogP contribution in [0.1, 0.15) is 31.7 Å². The molecular formula is C22H25Cl3N2O2S. The maximum Gasteiger partial charge on any atom is 0.242 e. The summed E-state index contributed by atoms with van der Waals surface area (Å²) in [5.74, 6) is 0.555. The van der Waals surface area contributed by atoms with Crippen molar-refractivity contribution in [1.82, 2.24) is 10.2 Å². The first-order valence-electron chi connectivity index (χ1n) is 9.69. The highest BCUT2D eigenvalue weighted by Gasteiger charge is 2.27. The van der Waals surface area contributed by atoms with Crippen molar-refractivity contribution in [2.45, 2.75) is 43.7 Å². The average Bonchev–Trinajstić information content (AvgIpc) is 2.74. The van der Waals surface area contributed by atoms with E-state index in [2.05, 4.69) is 5.32 Å². The Labute approximate surface area is 197 Å². The Hall–Kier alpha value is -1.40. The highest BCUT2D eigenvalue weighted by Crippen LogP contribution is 2.25. The van der Waals surface area contributed by atoms with Crippen LogP contribution in [0.2, 0.25) is 15.1 Å². The van der Waals surface area contributed by atoms with E-state index in [-0.39, 0.29) is 11.8 Å². The van der Waals surface area contributed by atoms with Gasteiger partial charge in [-0.3, -0.25) is 9.59 Å². The molecule has 1 atom stereocenters. The van der Waals surface area contributed by atoms with Crippen LogP contribution in [-0.2, 0) is 16.1 Å². The Morgan fingerprint density at radius 2 is 1.77 bits per heavy atom. The molecule has 0 heterocycles. The molecule has 0 fully saturated rings. The van der Waals surface area contributed by atoms with Crippen molar-refractivity contribution in [3.05, 3.63) is 63.1 Å². The molecule has 30 heavy (non-hydrogen) atoms. The third kappa shape index (κ3) is 7.38. The average molecular weight is 488 g/mol. The van der Waals surface area contributed by atoms with E-state index in [0.717, 1.165) is 16.2 Å². The fourth-order valence-electron chi connectivity index (χ4n) is 3.01. The lowest BCUT2D eigenvalue weighted by Crippen LogP contribution is -2.48. The predicted octanol–water partition coefficient (Wildman–Crippen LogP) is 6.07. The van der Waals surface area contributed by atoms with Crippen LogP contribution in [0, 0.1) is 0 Å². The van der Waals surface area contributed by atoms with Gasteiger partial charge in [0.2, 0.25) is 11.8 Å². The summed E-state index contributed by atoms with van der Waals surface area (Å²) in [6.45, 7) is 2.19. The van der Waals surface area contributed by atoms with Crippen LogP contribution >= 0.6 is 46.6 Å². The number of nitrogens with one attached hydrogen (secondary N) is 1. The molecule has 0 aliphatic rings. The lowest BCUT2D eigenvalue weighted by Gasteiger charge is -2.30. The first kappa shape index (κ1) is 24.9. The molecule has 0 saturated heterocycles. The third-order valence-corrected chi connectivity index (χ3v) is 6.68. The van der Waals surface area contributed by atoms with Gasteiger partial charge in [0.25, 0.3) is 0 Å². The Morgan fingerprint density at radius 3 is 2.37 bits per heavy atom. The fourth-order valence-corrected chi connectivity index (χ4v) is 4.31. The zero-order valence-electron chi connectivity index (χ0n) is 17.0. The number of halogens is 3. The van der Waals surface area contributed by atoms with Gasteiger partial charge < -0.3 is 10.2 Å². The minimum Gasteiger partial charge on any atom is -0.357 e. The second kappa shape index (κ2) is 12.5. The lowest BCUT2D eigenvalue weighted by atomic mass is 10.1. The van der Waals surface area contributed by atoms with E-state index in [9.17, 15) is 9.59 Å². The number of nitrogens with zero attached hydrogens (tertiary/aromatic N) is 1. The summed E-state index contributed by atoms with van der Waals surface area (Å²) in [5, 5.41) is 4.24. The summed E-state index contributed by atoms with van der Waals surface area (Å²) in [6.07, 6.45) is 1.58. The van der Waals surface area contributed by atoms with Crippen LogP contribution in [0.5, 0.6) is 0 Å². The monoisotopic (exact) mass is 486 g/mol. The summed E-state index contributed by atoms with van der Waals surface area (Å²) >= 11 is 19.7. The van der Waals surface area contributed by atoms with Crippen LogP contribution in [-0.4, -0.2) is 35.6 Å². The maximum atomic E-state index is 13.0. The minimum atomic E-state index is -0.541. The Morgan fingerprint density at radius 1 is 1.07 bits per heavy atom. The number of rotatable bonds is 10. The van der Waals surface area contributed by atoms with Crippen molar-refractivity contribution in [3.63, 3.8) is 0 Å². The molecule has 0 aliphatic heterocycles. The fraction of sp³-hybridized carbons (Fsp3) is 0.364. The maximum absolute atomic E-state index is 13.0. The largest absolute Gasteiger partial charge is 0.357 e. The molecule has 0 radical (unpaired) electrons. The smallest absolute Gasteiger partial charge is 0.242 e. The second-order valence-electron chi connectivity index (χ2n) is 6.71. The summed E-state index contributed by atoms with van der Waals surface area (Å²) in [7, 11) is 1.58. The van der Waals surface area contributed by atoms with Gasteiger partial charge >= 0.3 is 0 Å². The molecule has 0 aliphatic carbocycles.